The Bertz CT molecular complexity index is 369. The van der Waals surface area contributed by atoms with Crippen molar-refractivity contribution >= 4 is 0 Å². The van der Waals surface area contributed by atoms with Crippen molar-refractivity contribution in [3.05, 3.63) is 24.8 Å². The average molecular weight is 289 g/mol. The molecule has 0 saturated heterocycles. The Hall–Kier alpha value is -0.520. The van der Waals surface area contributed by atoms with Gasteiger partial charge in [-0.3, -0.25) is 0 Å². The van der Waals surface area contributed by atoms with Crippen molar-refractivity contribution in [3.8, 4) is 0 Å². The molecule has 0 radical (unpaired) electrons. The molecule has 0 heterocycles. The molecule has 2 fully saturated rings. The Labute approximate surface area is 133 Å². The predicted octanol–water partition coefficient (Wildman–Crippen LogP) is 6.63. The van der Waals surface area contributed by atoms with Crippen molar-refractivity contribution in [3.63, 3.8) is 0 Å². The zero-order valence-corrected chi connectivity index (χ0v) is 14.8. The van der Waals surface area contributed by atoms with Crippen LogP contribution in [0.15, 0.2) is 24.8 Å². The van der Waals surface area contributed by atoms with Gasteiger partial charge >= 0.3 is 0 Å². The maximum Gasteiger partial charge on any atom is -0.0163 e. The molecular weight excluding hydrogens is 252 g/mol. The predicted molar refractivity (Wildman–Crippen MR) is 94.2 cm³/mol. The molecular formula is C21H36. The minimum absolute atomic E-state index is 0.516. The molecule has 2 aliphatic carbocycles. The van der Waals surface area contributed by atoms with Crippen molar-refractivity contribution in [1.29, 1.82) is 0 Å². The summed E-state index contributed by atoms with van der Waals surface area (Å²) in [7, 11) is 0. The standard InChI is InChI=1S/C21H36/c1-7-17(20-19(8-2)21(20,5)6)14-15(3)16(4)18-12-10-9-11-13-18/h7,16-20H,1,3,8-14H2,2,4-6H3. The normalized spacial score (nSPS) is 31.4. The van der Waals surface area contributed by atoms with Crippen LogP contribution in [0.5, 0.6) is 0 Å². The van der Waals surface area contributed by atoms with Gasteiger partial charge in [0.15, 0.2) is 0 Å². The summed E-state index contributed by atoms with van der Waals surface area (Å²) < 4.78 is 0. The fourth-order valence-electron chi connectivity index (χ4n) is 5.23. The molecule has 0 bridgehead atoms. The van der Waals surface area contributed by atoms with Crippen LogP contribution < -0.4 is 0 Å². The van der Waals surface area contributed by atoms with Crippen LogP contribution in [0.3, 0.4) is 0 Å². The average Bonchev–Trinajstić information content (AvgIpc) is 3.05. The van der Waals surface area contributed by atoms with Gasteiger partial charge in [0, 0.05) is 0 Å². The Balaban J connectivity index is 1.92. The van der Waals surface area contributed by atoms with Crippen molar-refractivity contribution in [2.75, 3.05) is 0 Å². The van der Waals surface area contributed by atoms with Crippen LogP contribution in [0.1, 0.15) is 72.6 Å². The molecule has 0 aromatic heterocycles. The molecule has 4 unspecified atom stereocenters. The quantitative estimate of drug-likeness (QED) is 0.461. The molecule has 21 heavy (non-hydrogen) atoms. The van der Waals surface area contributed by atoms with Crippen LogP contribution in [-0.2, 0) is 0 Å². The molecule has 0 heteroatoms. The molecule has 2 rings (SSSR count). The van der Waals surface area contributed by atoms with E-state index < -0.39 is 0 Å². The number of hydrogen-bond donors (Lipinski definition) is 0. The Kier molecular flexibility index (Phi) is 5.38. The molecule has 120 valence electrons. The van der Waals surface area contributed by atoms with E-state index in [1.165, 1.54) is 50.5 Å². The number of rotatable bonds is 7. The summed E-state index contributed by atoms with van der Waals surface area (Å²) >= 11 is 0. The van der Waals surface area contributed by atoms with Crippen molar-refractivity contribution in [2.45, 2.75) is 72.6 Å². The molecule has 0 amide bonds. The van der Waals surface area contributed by atoms with Crippen LogP contribution in [0.4, 0.5) is 0 Å². The maximum absolute atomic E-state index is 4.48. The highest BCUT2D eigenvalue weighted by Gasteiger charge is 2.58. The Morgan fingerprint density at radius 3 is 2.33 bits per heavy atom. The molecule has 0 aromatic rings. The lowest BCUT2D eigenvalue weighted by Gasteiger charge is -2.30. The van der Waals surface area contributed by atoms with E-state index in [9.17, 15) is 0 Å². The van der Waals surface area contributed by atoms with Crippen LogP contribution >= 0.6 is 0 Å². The zero-order valence-electron chi connectivity index (χ0n) is 14.8. The minimum atomic E-state index is 0.516. The van der Waals surface area contributed by atoms with Crippen molar-refractivity contribution in [2.24, 2.45) is 35.0 Å². The van der Waals surface area contributed by atoms with Gasteiger partial charge in [-0.2, -0.15) is 0 Å². The first-order valence-electron chi connectivity index (χ1n) is 9.23. The maximum atomic E-state index is 4.48. The summed E-state index contributed by atoms with van der Waals surface area (Å²) in [5.74, 6) is 3.96. The third kappa shape index (κ3) is 3.46. The molecule has 0 spiro atoms. The smallest absolute Gasteiger partial charge is 0.0163 e. The van der Waals surface area contributed by atoms with Gasteiger partial charge in [0.05, 0.1) is 0 Å². The van der Waals surface area contributed by atoms with E-state index >= 15 is 0 Å². The van der Waals surface area contributed by atoms with Gasteiger partial charge in [-0.15, -0.1) is 6.58 Å². The monoisotopic (exact) mass is 288 g/mol. The summed E-state index contributed by atoms with van der Waals surface area (Å²) in [6.07, 6.45) is 11.9. The van der Waals surface area contributed by atoms with Gasteiger partial charge in [-0.1, -0.05) is 71.6 Å². The first-order chi connectivity index (χ1) is 9.93. The van der Waals surface area contributed by atoms with E-state index in [2.05, 4.69) is 46.9 Å². The van der Waals surface area contributed by atoms with E-state index in [1.807, 2.05) is 0 Å². The van der Waals surface area contributed by atoms with Crippen molar-refractivity contribution < 1.29 is 0 Å². The van der Waals surface area contributed by atoms with Gasteiger partial charge in [-0.05, 0) is 54.3 Å². The van der Waals surface area contributed by atoms with Gasteiger partial charge in [-0.25, -0.2) is 0 Å². The van der Waals surface area contributed by atoms with E-state index in [0.717, 1.165) is 17.8 Å². The lowest BCUT2D eigenvalue weighted by atomic mass is 9.75. The Morgan fingerprint density at radius 1 is 1.24 bits per heavy atom. The van der Waals surface area contributed by atoms with Crippen LogP contribution in [-0.4, -0.2) is 0 Å². The third-order valence-corrected chi connectivity index (χ3v) is 6.84. The number of allylic oxidation sites excluding steroid dienone is 2. The van der Waals surface area contributed by atoms with Crippen LogP contribution in [0.25, 0.3) is 0 Å². The zero-order chi connectivity index (χ0) is 15.6. The molecule has 0 aliphatic heterocycles. The summed E-state index contributed by atoms with van der Waals surface area (Å²) in [5.41, 5.74) is 2.01. The second-order valence-corrected chi connectivity index (χ2v) is 8.31. The Morgan fingerprint density at radius 2 is 1.86 bits per heavy atom. The number of hydrogen-bond acceptors (Lipinski definition) is 0. The van der Waals surface area contributed by atoms with Gasteiger partial charge in [0.25, 0.3) is 0 Å². The summed E-state index contributed by atoms with van der Waals surface area (Å²) in [4.78, 5) is 0. The summed E-state index contributed by atoms with van der Waals surface area (Å²) in [5, 5.41) is 0. The van der Waals surface area contributed by atoms with E-state index in [1.54, 1.807) is 0 Å². The van der Waals surface area contributed by atoms with Gasteiger partial charge < -0.3 is 0 Å². The first kappa shape index (κ1) is 16.8. The highest BCUT2D eigenvalue weighted by Crippen LogP contribution is 2.64. The van der Waals surface area contributed by atoms with E-state index in [0.29, 0.717) is 17.3 Å². The topological polar surface area (TPSA) is 0 Å². The molecule has 0 N–H and O–H groups in total. The van der Waals surface area contributed by atoms with Gasteiger partial charge in [0.2, 0.25) is 0 Å². The summed E-state index contributed by atoms with van der Waals surface area (Å²) in [6, 6.07) is 0. The lowest BCUT2D eigenvalue weighted by molar-refractivity contribution is 0.282. The highest BCUT2D eigenvalue weighted by molar-refractivity contribution is 5.14. The SMILES string of the molecule is C=CC(CC(=C)C(C)C1CCCCC1)C1C(CC)C1(C)C. The molecule has 0 aromatic carbocycles. The second kappa shape index (κ2) is 6.71. The fraction of sp³-hybridized carbons (Fsp3) is 0.810. The third-order valence-electron chi connectivity index (χ3n) is 6.84. The van der Waals surface area contributed by atoms with Crippen LogP contribution in [0, 0.1) is 35.0 Å². The van der Waals surface area contributed by atoms with Gasteiger partial charge in [0.1, 0.15) is 0 Å². The lowest BCUT2D eigenvalue weighted by Crippen LogP contribution is -2.18. The van der Waals surface area contributed by atoms with E-state index in [-0.39, 0.29) is 0 Å². The molecule has 2 saturated carbocycles. The second-order valence-electron chi connectivity index (χ2n) is 8.31. The minimum Gasteiger partial charge on any atom is -0.103 e. The van der Waals surface area contributed by atoms with Crippen molar-refractivity contribution in [1.82, 2.24) is 0 Å². The molecule has 0 nitrogen and oxygen atoms in total. The van der Waals surface area contributed by atoms with Crippen LogP contribution in [0.2, 0.25) is 0 Å². The van der Waals surface area contributed by atoms with E-state index in [4.69, 9.17) is 0 Å². The first-order valence-corrected chi connectivity index (χ1v) is 9.23. The summed E-state index contributed by atoms with van der Waals surface area (Å²) in [6.45, 7) is 18.3. The fourth-order valence-corrected chi connectivity index (χ4v) is 5.23. The largest absolute Gasteiger partial charge is 0.103 e. The molecule has 4 atom stereocenters. The highest BCUT2D eigenvalue weighted by atomic mass is 14.6. The molecule has 2 aliphatic rings.